The fourth-order valence-electron chi connectivity index (χ4n) is 3.35. The number of fused-ring (bicyclic) bond motifs is 1. The summed E-state index contributed by atoms with van der Waals surface area (Å²) in [5, 5.41) is 11.6. The number of carboxylic acids is 1. The average Bonchev–Trinajstić information content (AvgIpc) is 3.23. The molecule has 1 saturated heterocycles. The van der Waals surface area contributed by atoms with E-state index in [4.69, 9.17) is 0 Å². The smallest absolute Gasteiger partial charge is 0.320 e. The number of nitrogens with zero attached hydrogens (tertiary/aromatic N) is 4. The molecule has 1 fully saturated rings. The fraction of sp³-hybridized carbons (Fsp3) is 0.353. The van der Waals surface area contributed by atoms with Crippen molar-refractivity contribution in [1.82, 2.24) is 19.3 Å². The predicted molar refractivity (Wildman–Crippen MR) is 92.0 cm³/mol. The van der Waals surface area contributed by atoms with Gasteiger partial charge in [0.15, 0.2) is 0 Å². The van der Waals surface area contributed by atoms with Crippen LogP contribution in [0.25, 0.3) is 16.3 Å². The summed E-state index contributed by atoms with van der Waals surface area (Å²) in [7, 11) is 0. The van der Waals surface area contributed by atoms with Gasteiger partial charge in [-0.1, -0.05) is 12.5 Å². The van der Waals surface area contributed by atoms with Gasteiger partial charge in [0.05, 0.1) is 10.6 Å². The second kappa shape index (κ2) is 6.33. The summed E-state index contributed by atoms with van der Waals surface area (Å²) >= 11 is 1.64. The summed E-state index contributed by atoms with van der Waals surface area (Å²) in [6, 6.07) is 5.50. The number of carbonyl (C=O) groups is 1. The fourth-order valence-corrected chi connectivity index (χ4v) is 4.09. The molecule has 0 saturated carbocycles. The second-order valence-electron chi connectivity index (χ2n) is 5.99. The first-order chi connectivity index (χ1) is 11.7. The van der Waals surface area contributed by atoms with Crippen LogP contribution in [-0.4, -0.2) is 42.9 Å². The van der Waals surface area contributed by atoms with E-state index < -0.39 is 12.0 Å². The number of hydrogen-bond acceptors (Lipinski definition) is 5. The molecule has 1 aliphatic rings. The highest BCUT2D eigenvalue weighted by Crippen LogP contribution is 2.30. The lowest BCUT2D eigenvalue weighted by molar-refractivity contribution is -0.144. The number of thiophene rings is 1. The zero-order valence-electron chi connectivity index (χ0n) is 13.1. The number of aliphatic carboxylic acids is 1. The number of imidazole rings is 1. The molecular formula is C17H18N4O2S. The predicted octanol–water partition coefficient (Wildman–Crippen LogP) is 2.90. The van der Waals surface area contributed by atoms with Crippen molar-refractivity contribution in [2.45, 2.75) is 31.8 Å². The van der Waals surface area contributed by atoms with Gasteiger partial charge in [0.1, 0.15) is 11.7 Å². The van der Waals surface area contributed by atoms with Crippen molar-refractivity contribution in [3.8, 4) is 10.6 Å². The molecular weight excluding hydrogens is 324 g/mol. The summed E-state index contributed by atoms with van der Waals surface area (Å²) in [4.78, 5) is 23.8. The Labute approximate surface area is 143 Å². The highest BCUT2D eigenvalue weighted by atomic mass is 32.1. The molecule has 0 unspecified atom stereocenters. The SMILES string of the molecule is O=C(O)[C@H]1CCCCN1Cc1c(-c2cccs2)nc2ncccn12. The van der Waals surface area contributed by atoms with Gasteiger partial charge in [-0.3, -0.25) is 14.1 Å². The molecule has 1 N–H and O–H groups in total. The molecule has 3 aromatic rings. The summed E-state index contributed by atoms with van der Waals surface area (Å²) in [6.07, 6.45) is 6.39. The molecule has 7 heteroatoms. The molecule has 0 bridgehead atoms. The third kappa shape index (κ3) is 2.70. The van der Waals surface area contributed by atoms with Crippen LogP contribution < -0.4 is 0 Å². The first-order valence-electron chi connectivity index (χ1n) is 8.07. The standard InChI is InChI=1S/C17H18N4O2S/c22-16(23)12-5-1-2-8-20(12)11-13-15(14-6-3-10-24-14)19-17-18-7-4-9-21(13)17/h3-4,6-7,9-10,12H,1-2,5,8,11H2,(H,22,23)/t12-/m1/s1. The Kier molecular flexibility index (Phi) is 4.03. The molecule has 1 aliphatic heterocycles. The van der Waals surface area contributed by atoms with Gasteiger partial charge in [0.2, 0.25) is 5.78 Å². The minimum Gasteiger partial charge on any atom is -0.480 e. The van der Waals surface area contributed by atoms with E-state index in [1.807, 2.05) is 34.2 Å². The molecule has 0 amide bonds. The van der Waals surface area contributed by atoms with Crippen LogP contribution in [0.15, 0.2) is 36.0 Å². The Morgan fingerprint density at radius 1 is 1.38 bits per heavy atom. The summed E-state index contributed by atoms with van der Waals surface area (Å²) in [5.74, 6) is -0.0842. The van der Waals surface area contributed by atoms with Crippen molar-refractivity contribution < 1.29 is 9.90 Å². The average molecular weight is 342 g/mol. The lowest BCUT2D eigenvalue weighted by atomic mass is 10.0. The highest BCUT2D eigenvalue weighted by molar-refractivity contribution is 7.13. The Morgan fingerprint density at radius 2 is 2.29 bits per heavy atom. The van der Waals surface area contributed by atoms with Crippen LogP contribution >= 0.6 is 11.3 Å². The van der Waals surface area contributed by atoms with Crippen molar-refractivity contribution in [3.63, 3.8) is 0 Å². The number of aromatic nitrogens is 3. The largest absolute Gasteiger partial charge is 0.480 e. The minimum atomic E-state index is -0.737. The number of hydrogen-bond donors (Lipinski definition) is 1. The minimum absolute atomic E-state index is 0.419. The summed E-state index contributed by atoms with van der Waals surface area (Å²) < 4.78 is 1.97. The lowest BCUT2D eigenvalue weighted by Crippen LogP contribution is -2.44. The molecule has 124 valence electrons. The normalized spacial score (nSPS) is 18.9. The van der Waals surface area contributed by atoms with Gasteiger partial charge >= 0.3 is 5.97 Å². The van der Waals surface area contributed by atoms with E-state index in [2.05, 4.69) is 14.9 Å². The van der Waals surface area contributed by atoms with Gasteiger partial charge < -0.3 is 5.11 Å². The second-order valence-corrected chi connectivity index (χ2v) is 6.94. The number of carboxylic acid groups (broad SMARTS) is 1. The van der Waals surface area contributed by atoms with Crippen molar-refractivity contribution >= 4 is 23.1 Å². The zero-order chi connectivity index (χ0) is 16.5. The first kappa shape index (κ1) is 15.3. The van der Waals surface area contributed by atoms with E-state index >= 15 is 0 Å². The zero-order valence-corrected chi connectivity index (χ0v) is 13.9. The van der Waals surface area contributed by atoms with E-state index in [0.717, 1.165) is 35.7 Å². The maximum atomic E-state index is 11.6. The molecule has 0 aliphatic carbocycles. The highest BCUT2D eigenvalue weighted by Gasteiger charge is 2.30. The maximum Gasteiger partial charge on any atom is 0.320 e. The third-order valence-electron chi connectivity index (χ3n) is 4.51. The van der Waals surface area contributed by atoms with Gasteiger partial charge in [-0.25, -0.2) is 9.97 Å². The molecule has 1 atom stereocenters. The molecule has 0 spiro atoms. The lowest BCUT2D eigenvalue weighted by Gasteiger charge is -2.32. The summed E-state index contributed by atoms with van der Waals surface area (Å²) in [5.41, 5.74) is 1.91. The van der Waals surface area contributed by atoms with E-state index in [-0.39, 0.29) is 0 Å². The molecule has 6 nitrogen and oxygen atoms in total. The number of piperidine rings is 1. The maximum absolute atomic E-state index is 11.6. The quantitative estimate of drug-likeness (QED) is 0.789. The van der Waals surface area contributed by atoms with E-state index in [9.17, 15) is 9.90 Å². The van der Waals surface area contributed by atoms with Crippen LogP contribution in [0.1, 0.15) is 25.0 Å². The van der Waals surface area contributed by atoms with E-state index in [1.165, 1.54) is 0 Å². The molecule has 4 rings (SSSR count). The van der Waals surface area contributed by atoms with Crippen LogP contribution in [-0.2, 0) is 11.3 Å². The third-order valence-corrected chi connectivity index (χ3v) is 5.39. The van der Waals surface area contributed by atoms with Crippen LogP contribution in [0.4, 0.5) is 0 Å². The summed E-state index contributed by atoms with van der Waals surface area (Å²) in [6.45, 7) is 1.37. The van der Waals surface area contributed by atoms with Crippen molar-refractivity contribution in [2.75, 3.05) is 6.54 Å². The van der Waals surface area contributed by atoms with Crippen LogP contribution in [0, 0.1) is 0 Å². The topological polar surface area (TPSA) is 70.7 Å². The Morgan fingerprint density at radius 3 is 3.08 bits per heavy atom. The van der Waals surface area contributed by atoms with Gasteiger partial charge in [0.25, 0.3) is 0 Å². The molecule has 0 aromatic carbocycles. The molecule has 3 aromatic heterocycles. The van der Waals surface area contributed by atoms with Gasteiger partial charge in [-0.2, -0.15) is 0 Å². The van der Waals surface area contributed by atoms with Gasteiger partial charge in [-0.15, -0.1) is 11.3 Å². The van der Waals surface area contributed by atoms with Crippen molar-refractivity contribution in [3.05, 3.63) is 41.7 Å². The number of rotatable bonds is 4. The Hall–Kier alpha value is -2.25. The van der Waals surface area contributed by atoms with Gasteiger partial charge in [0, 0.05) is 18.9 Å². The molecule has 24 heavy (non-hydrogen) atoms. The van der Waals surface area contributed by atoms with E-state index in [1.54, 1.807) is 17.5 Å². The Balaban J connectivity index is 1.77. The first-order valence-corrected chi connectivity index (χ1v) is 8.94. The van der Waals surface area contributed by atoms with Crippen molar-refractivity contribution in [2.24, 2.45) is 0 Å². The monoisotopic (exact) mass is 342 g/mol. The van der Waals surface area contributed by atoms with Crippen LogP contribution in [0.5, 0.6) is 0 Å². The van der Waals surface area contributed by atoms with E-state index in [0.29, 0.717) is 18.7 Å². The van der Waals surface area contributed by atoms with Crippen LogP contribution in [0.2, 0.25) is 0 Å². The van der Waals surface area contributed by atoms with Crippen molar-refractivity contribution in [1.29, 1.82) is 0 Å². The van der Waals surface area contributed by atoms with Gasteiger partial charge in [-0.05, 0) is 36.9 Å². The number of likely N-dealkylation sites (tertiary alicyclic amines) is 1. The molecule has 0 radical (unpaired) electrons. The Bertz CT molecular complexity index is 859. The molecule has 4 heterocycles. The van der Waals surface area contributed by atoms with Crippen LogP contribution in [0.3, 0.4) is 0 Å².